The minimum absolute atomic E-state index is 0.0904. The van der Waals surface area contributed by atoms with E-state index in [0.29, 0.717) is 17.2 Å². The molecule has 7 heteroatoms. The molecule has 0 saturated heterocycles. The third kappa shape index (κ3) is 2.26. The van der Waals surface area contributed by atoms with Crippen LogP contribution in [-0.4, -0.2) is 27.8 Å². The first-order valence-corrected chi connectivity index (χ1v) is 5.89. The third-order valence-electron chi connectivity index (χ3n) is 2.77. The molecule has 0 radical (unpaired) electrons. The number of hydrogen-bond acceptors (Lipinski definition) is 6. The van der Waals surface area contributed by atoms with E-state index in [2.05, 4.69) is 15.3 Å². The molecule has 0 saturated carbocycles. The van der Waals surface area contributed by atoms with Gasteiger partial charge >= 0.3 is 0 Å². The summed E-state index contributed by atoms with van der Waals surface area (Å²) in [5.41, 5.74) is 0.868. The van der Waals surface area contributed by atoms with E-state index in [1.807, 2.05) is 0 Å². The fourth-order valence-electron chi connectivity index (χ4n) is 1.84. The lowest BCUT2D eigenvalue weighted by Gasteiger charge is -2.07. The zero-order valence-corrected chi connectivity index (χ0v) is 10.4. The molecule has 2 N–H and O–H groups in total. The van der Waals surface area contributed by atoms with Gasteiger partial charge in [-0.1, -0.05) is 0 Å². The summed E-state index contributed by atoms with van der Waals surface area (Å²) in [5.74, 6) is 0.767. The fraction of sp³-hybridized carbons (Fsp3) is 0.154. The second-order valence-corrected chi connectivity index (χ2v) is 4.03. The number of aliphatic hydroxyl groups excluding tert-OH is 1. The molecule has 7 nitrogen and oxygen atoms in total. The van der Waals surface area contributed by atoms with Gasteiger partial charge in [0.1, 0.15) is 0 Å². The quantitative estimate of drug-likeness (QED) is 0.864. The monoisotopic (exact) mass is 273 g/mol. The van der Waals surface area contributed by atoms with Gasteiger partial charge in [0.05, 0.1) is 12.3 Å². The first-order chi connectivity index (χ1) is 9.78. The number of aliphatic hydroxyl groups is 1. The number of fused-ring (bicyclic) bond motifs is 1. The highest BCUT2D eigenvalue weighted by atomic mass is 16.7. The van der Waals surface area contributed by atoms with Gasteiger partial charge in [-0.3, -0.25) is 9.78 Å². The predicted molar refractivity (Wildman–Crippen MR) is 68.5 cm³/mol. The number of ether oxygens (including phenoxy) is 2. The van der Waals surface area contributed by atoms with Gasteiger partial charge in [-0.05, 0) is 12.1 Å². The van der Waals surface area contributed by atoms with Gasteiger partial charge in [0.25, 0.3) is 5.91 Å². The van der Waals surface area contributed by atoms with Gasteiger partial charge in [-0.2, -0.15) is 0 Å². The summed E-state index contributed by atoms with van der Waals surface area (Å²) in [6, 6.07) is 5.07. The number of nitrogens with zero attached hydrogens (tertiary/aromatic N) is 2. The van der Waals surface area contributed by atoms with Crippen LogP contribution in [0.2, 0.25) is 0 Å². The Morgan fingerprint density at radius 2 is 2.05 bits per heavy atom. The molecule has 1 amide bonds. The van der Waals surface area contributed by atoms with Crippen LogP contribution in [0.25, 0.3) is 0 Å². The van der Waals surface area contributed by atoms with Gasteiger partial charge in [0, 0.05) is 24.1 Å². The van der Waals surface area contributed by atoms with Crippen molar-refractivity contribution in [1.29, 1.82) is 0 Å². The number of hydrogen-bond donors (Lipinski definition) is 2. The average Bonchev–Trinajstić information content (AvgIpc) is 2.94. The molecular formula is C13H11N3O4. The Morgan fingerprint density at radius 3 is 2.90 bits per heavy atom. The van der Waals surface area contributed by atoms with Crippen molar-refractivity contribution in [2.45, 2.75) is 6.61 Å². The molecular weight excluding hydrogens is 262 g/mol. The molecule has 2 aromatic rings. The van der Waals surface area contributed by atoms with Crippen LogP contribution < -0.4 is 14.8 Å². The zero-order valence-electron chi connectivity index (χ0n) is 10.4. The first-order valence-electron chi connectivity index (χ1n) is 5.89. The van der Waals surface area contributed by atoms with Crippen LogP contribution in [0.5, 0.6) is 11.5 Å². The minimum atomic E-state index is -0.444. The van der Waals surface area contributed by atoms with E-state index in [0.717, 1.165) is 0 Å². The molecule has 0 aliphatic carbocycles. The molecule has 102 valence electrons. The number of carbonyl (C=O) groups excluding carboxylic acids is 1. The van der Waals surface area contributed by atoms with Crippen molar-refractivity contribution in [3.8, 4) is 11.5 Å². The fourth-order valence-corrected chi connectivity index (χ4v) is 1.84. The standard InChI is InChI=1S/C13H11N3O4/c17-6-9-12(15-4-3-14-9)13(18)16-8-1-2-10-11(5-8)20-7-19-10/h1-5,17H,6-7H2,(H,16,18). The van der Waals surface area contributed by atoms with Crippen LogP contribution in [0.15, 0.2) is 30.6 Å². The molecule has 0 fully saturated rings. The van der Waals surface area contributed by atoms with Crippen molar-refractivity contribution in [2.75, 3.05) is 12.1 Å². The summed E-state index contributed by atoms with van der Waals surface area (Å²) in [6.07, 6.45) is 2.82. The van der Waals surface area contributed by atoms with Crippen molar-refractivity contribution in [3.05, 3.63) is 42.0 Å². The number of anilines is 1. The summed E-state index contributed by atoms with van der Waals surface area (Å²) >= 11 is 0. The Kier molecular flexibility index (Phi) is 3.18. The zero-order chi connectivity index (χ0) is 13.9. The molecule has 0 spiro atoms. The SMILES string of the molecule is O=C(Nc1ccc2c(c1)OCO2)c1nccnc1CO. The molecule has 1 aromatic heterocycles. The van der Waals surface area contributed by atoms with E-state index in [1.54, 1.807) is 18.2 Å². The van der Waals surface area contributed by atoms with Crippen molar-refractivity contribution in [2.24, 2.45) is 0 Å². The van der Waals surface area contributed by atoms with Gasteiger partial charge in [0.2, 0.25) is 6.79 Å². The van der Waals surface area contributed by atoms with E-state index >= 15 is 0 Å². The lowest BCUT2D eigenvalue weighted by Crippen LogP contribution is -2.17. The van der Waals surface area contributed by atoms with E-state index in [4.69, 9.17) is 14.6 Å². The minimum Gasteiger partial charge on any atom is -0.454 e. The highest BCUT2D eigenvalue weighted by Gasteiger charge is 2.17. The molecule has 3 rings (SSSR count). The van der Waals surface area contributed by atoms with Crippen LogP contribution in [0.1, 0.15) is 16.2 Å². The molecule has 0 atom stereocenters. The second kappa shape index (κ2) is 5.14. The topological polar surface area (TPSA) is 93.6 Å². The number of benzene rings is 1. The summed E-state index contributed by atoms with van der Waals surface area (Å²) in [4.78, 5) is 19.9. The Labute approximate surface area is 114 Å². The maximum absolute atomic E-state index is 12.1. The molecule has 1 aromatic carbocycles. The highest BCUT2D eigenvalue weighted by molar-refractivity contribution is 6.03. The van der Waals surface area contributed by atoms with Gasteiger partial charge in [0.15, 0.2) is 17.2 Å². The Balaban J connectivity index is 1.82. The maximum Gasteiger partial charge on any atom is 0.276 e. The van der Waals surface area contributed by atoms with Crippen LogP contribution in [0.3, 0.4) is 0 Å². The van der Waals surface area contributed by atoms with Gasteiger partial charge in [-0.15, -0.1) is 0 Å². The summed E-state index contributed by atoms with van der Waals surface area (Å²) in [6.45, 7) is -0.177. The number of amides is 1. The van der Waals surface area contributed by atoms with Crippen LogP contribution in [0.4, 0.5) is 5.69 Å². The predicted octanol–water partition coefficient (Wildman–Crippen LogP) is 0.950. The van der Waals surface area contributed by atoms with Crippen molar-refractivity contribution >= 4 is 11.6 Å². The maximum atomic E-state index is 12.1. The molecule has 1 aliphatic rings. The van der Waals surface area contributed by atoms with Gasteiger partial charge < -0.3 is 19.9 Å². The Hall–Kier alpha value is -2.67. The lowest BCUT2D eigenvalue weighted by molar-refractivity contribution is 0.101. The molecule has 2 heterocycles. The molecule has 20 heavy (non-hydrogen) atoms. The summed E-state index contributed by atoms with van der Waals surface area (Å²) < 4.78 is 10.4. The van der Waals surface area contributed by atoms with Crippen LogP contribution in [0, 0.1) is 0 Å². The summed E-state index contributed by atoms with van der Waals surface area (Å²) in [5, 5.41) is 11.8. The normalized spacial score (nSPS) is 12.2. The largest absolute Gasteiger partial charge is 0.454 e. The average molecular weight is 273 g/mol. The van der Waals surface area contributed by atoms with E-state index in [-0.39, 0.29) is 24.8 Å². The summed E-state index contributed by atoms with van der Waals surface area (Å²) in [7, 11) is 0. The smallest absolute Gasteiger partial charge is 0.276 e. The van der Waals surface area contributed by atoms with E-state index in [1.165, 1.54) is 12.4 Å². The number of carbonyl (C=O) groups is 1. The highest BCUT2D eigenvalue weighted by Crippen LogP contribution is 2.34. The van der Waals surface area contributed by atoms with E-state index < -0.39 is 5.91 Å². The molecule has 1 aliphatic heterocycles. The van der Waals surface area contributed by atoms with Crippen molar-refractivity contribution in [3.63, 3.8) is 0 Å². The van der Waals surface area contributed by atoms with Crippen molar-refractivity contribution < 1.29 is 19.4 Å². The van der Waals surface area contributed by atoms with Crippen LogP contribution >= 0.6 is 0 Å². The third-order valence-corrected chi connectivity index (χ3v) is 2.77. The molecule has 0 unspecified atom stereocenters. The van der Waals surface area contributed by atoms with E-state index in [9.17, 15) is 4.79 Å². The number of aromatic nitrogens is 2. The van der Waals surface area contributed by atoms with Crippen LogP contribution in [-0.2, 0) is 6.61 Å². The molecule has 0 bridgehead atoms. The van der Waals surface area contributed by atoms with Crippen molar-refractivity contribution in [1.82, 2.24) is 9.97 Å². The number of rotatable bonds is 3. The Morgan fingerprint density at radius 1 is 1.25 bits per heavy atom. The second-order valence-electron chi connectivity index (χ2n) is 4.03. The first kappa shape index (κ1) is 12.4. The lowest BCUT2D eigenvalue weighted by atomic mass is 10.2. The Bertz CT molecular complexity index is 660. The number of nitrogens with one attached hydrogen (secondary N) is 1. The van der Waals surface area contributed by atoms with Gasteiger partial charge in [-0.25, -0.2) is 4.98 Å².